The van der Waals surface area contributed by atoms with Gasteiger partial charge in [-0.3, -0.25) is 4.79 Å². The number of carbonyl (C=O) groups excluding carboxylic acids is 1. The summed E-state index contributed by atoms with van der Waals surface area (Å²) >= 11 is 0. The third-order valence-electron chi connectivity index (χ3n) is 2.85. The van der Waals surface area contributed by atoms with E-state index >= 15 is 0 Å². The van der Waals surface area contributed by atoms with Crippen LogP contribution in [0.2, 0.25) is 0 Å². The molecule has 0 spiro atoms. The Bertz CT molecular complexity index is 383. The van der Waals surface area contributed by atoms with E-state index in [-0.39, 0.29) is 12.5 Å². The molecular formula is C15H23NO4. The molecule has 0 radical (unpaired) electrons. The van der Waals surface area contributed by atoms with E-state index in [2.05, 4.69) is 5.32 Å². The van der Waals surface area contributed by atoms with Crippen molar-refractivity contribution in [3.8, 4) is 0 Å². The molecule has 2 unspecified atom stereocenters. The predicted octanol–water partition coefficient (Wildman–Crippen LogP) is 1.11. The molecular weight excluding hydrogens is 258 g/mol. The number of hydrogen-bond acceptors (Lipinski definition) is 4. The van der Waals surface area contributed by atoms with E-state index < -0.39 is 12.2 Å². The maximum atomic E-state index is 11.8. The van der Waals surface area contributed by atoms with Crippen LogP contribution in [-0.2, 0) is 20.9 Å². The maximum Gasteiger partial charge on any atom is 0.248 e. The van der Waals surface area contributed by atoms with Crippen molar-refractivity contribution in [1.29, 1.82) is 0 Å². The number of aliphatic hydroxyl groups is 1. The van der Waals surface area contributed by atoms with Crippen LogP contribution in [0.1, 0.15) is 18.9 Å². The van der Waals surface area contributed by atoms with Gasteiger partial charge in [-0.25, -0.2) is 0 Å². The van der Waals surface area contributed by atoms with Crippen molar-refractivity contribution in [3.63, 3.8) is 0 Å². The van der Waals surface area contributed by atoms with Crippen molar-refractivity contribution in [2.75, 3.05) is 20.3 Å². The van der Waals surface area contributed by atoms with E-state index in [4.69, 9.17) is 9.47 Å². The number of hydrogen-bond donors (Lipinski definition) is 2. The Labute approximate surface area is 119 Å². The highest BCUT2D eigenvalue weighted by molar-refractivity contribution is 5.80. The molecule has 1 aromatic carbocycles. The smallest absolute Gasteiger partial charge is 0.248 e. The average Bonchev–Trinajstić information content (AvgIpc) is 2.46. The van der Waals surface area contributed by atoms with Crippen LogP contribution in [0.4, 0.5) is 0 Å². The van der Waals surface area contributed by atoms with Crippen LogP contribution < -0.4 is 5.32 Å². The SMILES string of the molecule is COCC(O)CCNC(=O)C(C)OCc1ccccc1. The molecule has 0 aliphatic carbocycles. The molecule has 2 atom stereocenters. The number of carbonyl (C=O) groups is 1. The van der Waals surface area contributed by atoms with E-state index in [0.29, 0.717) is 19.6 Å². The second-order valence-corrected chi connectivity index (χ2v) is 4.63. The minimum absolute atomic E-state index is 0.175. The molecule has 0 aliphatic heterocycles. The topological polar surface area (TPSA) is 67.8 Å². The van der Waals surface area contributed by atoms with Crippen molar-refractivity contribution >= 4 is 5.91 Å². The summed E-state index contributed by atoms with van der Waals surface area (Å²) in [5.41, 5.74) is 1.03. The lowest BCUT2D eigenvalue weighted by Gasteiger charge is -2.14. The summed E-state index contributed by atoms with van der Waals surface area (Å²) < 4.78 is 10.3. The minimum atomic E-state index is -0.555. The first kappa shape index (κ1) is 16.6. The number of benzene rings is 1. The van der Waals surface area contributed by atoms with E-state index in [9.17, 15) is 9.90 Å². The molecule has 0 saturated heterocycles. The van der Waals surface area contributed by atoms with Gasteiger partial charge in [-0.1, -0.05) is 30.3 Å². The van der Waals surface area contributed by atoms with Gasteiger partial charge in [0, 0.05) is 13.7 Å². The van der Waals surface area contributed by atoms with Gasteiger partial charge in [0.1, 0.15) is 6.10 Å². The number of ether oxygens (including phenoxy) is 2. The van der Waals surface area contributed by atoms with E-state index in [1.807, 2.05) is 30.3 Å². The fraction of sp³-hybridized carbons (Fsp3) is 0.533. The van der Waals surface area contributed by atoms with Crippen LogP contribution in [0.5, 0.6) is 0 Å². The van der Waals surface area contributed by atoms with Gasteiger partial charge in [-0.05, 0) is 18.9 Å². The second-order valence-electron chi connectivity index (χ2n) is 4.63. The van der Waals surface area contributed by atoms with Gasteiger partial charge in [0.2, 0.25) is 5.91 Å². The fourth-order valence-corrected chi connectivity index (χ4v) is 1.65. The van der Waals surface area contributed by atoms with Gasteiger partial charge >= 0.3 is 0 Å². The van der Waals surface area contributed by atoms with Crippen molar-refractivity contribution < 1.29 is 19.4 Å². The standard InChI is InChI=1S/C15H23NO4/c1-12(20-10-13-6-4-3-5-7-13)15(18)16-9-8-14(17)11-19-2/h3-7,12,14,17H,8-11H2,1-2H3,(H,16,18). The quantitative estimate of drug-likeness (QED) is 0.711. The highest BCUT2D eigenvalue weighted by Gasteiger charge is 2.13. The van der Waals surface area contributed by atoms with Crippen LogP contribution >= 0.6 is 0 Å². The molecule has 5 nitrogen and oxygen atoms in total. The van der Waals surface area contributed by atoms with Crippen LogP contribution in [0.15, 0.2) is 30.3 Å². The third kappa shape index (κ3) is 6.65. The zero-order valence-electron chi connectivity index (χ0n) is 12.0. The summed E-state index contributed by atoms with van der Waals surface area (Å²) in [6.45, 7) is 2.80. The number of methoxy groups -OCH3 is 1. The number of aliphatic hydroxyl groups excluding tert-OH is 1. The first-order valence-corrected chi connectivity index (χ1v) is 6.73. The van der Waals surface area contributed by atoms with E-state index in [1.165, 1.54) is 7.11 Å². The Morgan fingerprint density at radius 2 is 2.05 bits per heavy atom. The Kier molecular flexibility index (Phi) is 7.87. The molecule has 1 rings (SSSR count). The number of amides is 1. The van der Waals surface area contributed by atoms with Gasteiger partial charge in [-0.15, -0.1) is 0 Å². The normalized spacial score (nSPS) is 13.8. The zero-order chi connectivity index (χ0) is 14.8. The largest absolute Gasteiger partial charge is 0.391 e. The summed E-state index contributed by atoms with van der Waals surface area (Å²) in [7, 11) is 1.53. The highest BCUT2D eigenvalue weighted by Crippen LogP contribution is 2.03. The number of rotatable bonds is 9. The van der Waals surface area contributed by atoms with Gasteiger partial charge in [0.15, 0.2) is 0 Å². The molecule has 20 heavy (non-hydrogen) atoms. The molecule has 2 N–H and O–H groups in total. The van der Waals surface area contributed by atoms with E-state index in [1.54, 1.807) is 6.92 Å². The predicted molar refractivity (Wildman–Crippen MR) is 76.2 cm³/mol. The Morgan fingerprint density at radius 1 is 1.35 bits per heavy atom. The van der Waals surface area contributed by atoms with Crippen LogP contribution in [0.25, 0.3) is 0 Å². The summed E-state index contributed by atoms with van der Waals surface area (Å²) in [5.74, 6) is -0.175. The molecule has 0 heterocycles. The first-order chi connectivity index (χ1) is 9.63. The van der Waals surface area contributed by atoms with Crippen LogP contribution in [0.3, 0.4) is 0 Å². The first-order valence-electron chi connectivity index (χ1n) is 6.73. The molecule has 5 heteroatoms. The van der Waals surface area contributed by atoms with Gasteiger partial charge in [0.05, 0.1) is 19.3 Å². The maximum absolute atomic E-state index is 11.8. The average molecular weight is 281 g/mol. The Morgan fingerprint density at radius 3 is 2.70 bits per heavy atom. The second kappa shape index (κ2) is 9.47. The van der Waals surface area contributed by atoms with Crippen LogP contribution in [-0.4, -0.2) is 43.5 Å². The van der Waals surface area contributed by atoms with Crippen LogP contribution in [0, 0.1) is 0 Å². The molecule has 1 amide bonds. The summed E-state index contributed by atoms with van der Waals surface area (Å²) in [6.07, 6.45) is -0.610. The third-order valence-corrected chi connectivity index (χ3v) is 2.85. The monoisotopic (exact) mass is 281 g/mol. The summed E-state index contributed by atoms with van der Waals surface area (Å²) in [6, 6.07) is 9.70. The number of nitrogens with one attached hydrogen (secondary N) is 1. The van der Waals surface area contributed by atoms with Gasteiger partial charge in [-0.2, -0.15) is 0 Å². The lowest BCUT2D eigenvalue weighted by molar-refractivity contribution is -0.132. The molecule has 0 aromatic heterocycles. The lowest BCUT2D eigenvalue weighted by Crippen LogP contribution is -2.36. The Hall–Kier alpha value is -1.43. The lowest BCUT2D eigenvalue weighted by atomic mass is 10.2. The highest BCUT2D eigenvalue weighted by atomic mass is 16.5. The van der Waals surface area contributed by atoms with E-state index in [0.717, 1.165) is 5.56 Å². The zero-order valence-corrected chi connectivity index (χ0v) is 12.0. The molecule has 112 valence electrons. The summed E-state index contributed by atoms with van der Waals surface area (Å²) in [5, 5.41) is 12.2. The van der Waals surface area contributed by atoms with Gasteiger partial charge < -0.3 is 19.9 Å². The molecule has 0 bridgehead atoms. The fourth-order valence-electron chi connectivity index (χ4n) is 1.65. The molecule has 0 saturated carbocycles. The van der Waals surface area contributed by atoms with Crippen molar-refractivity contribution in [1.82, 2.24) is 5.32 Å². The molecule has 1 aromatic rings. The van der Waals surface area contributed by atoms with Crippen molar-refractivity contribution in [2.45, 2.75) is 32.2 Å². The molecule has 0 aliphatic rings. The Balaban J connectivity index is 2.19. The van der Waals surface area contributed by atoms with Crippen molar-refractivity contribution in [2.24, 2.45) is 0 Å². The van der Waals surface area contributed by atoms with Crippen molar-refractivity contribution in [3.05, 3.63) is 35.9 Å². The van der Waals surface area contributed by atoms with Gasteiger partial charge in [0.25, 0.3) is 0 Å². The molecule has 0 fully saturated rings. The minimum Gasteiger partial charge on any atom is -0.391 e. The summed E-state index contributed by atoms with van der Waals surface area (Å²) in [4.78, 5) is 11.8.